The number of aliphatic carboxylic acids is 1. The van der Waals surface area contributed by atoms with Gasteiger partial charge >= 0.3 is 5.97 Å². The normalized spacial score (nSPS) is 20.3. The van der Waals surface area contributed by atoms with E-state index >= 15 is 0 Å². The second-order valence-corrected chi connectivity index (χ2v) is 9.95. The zero-order chi connectivity index (χ0) is 22.8. The number of carbonyl (C=O) groups is 2. The van der Waals surface area contributed by atoms with Crippen LogP contribution in [0.25, 0.3) is 0 Å². The molecule has 0 aliphatic carbocycles. The van der Waals surface area contributed by atoms with Gasteiger partial charge in [0.25, 0.3) is 0 Å². The van der Waals surface area contributed by atoms with Gasteiger partial charge in [-0.05, 0) is 55.7 Å². The molecular formula is C21H23ClN2O6S. The fraction of sp³-hybridized carbons (Fsp3) is 0.333. The van der Waals surface area contributed by atoms with Crippen molar-refractivity contribution in [3.63, 3.8) is 0 Å². The molecule has 8 nitrogen and oxygen atoms in total. The summed E-state index contributed by atoms with van der Waals surface area (Å²) in [6, 6.07) is 10.5. The van der Waals surface area contributed by atoms with Crippen LogP contribution in [-0.2, 0) is 26.0 Å². The molecule has 3 N–H and O–H groups in total. The molecule has 166 valence electrons. The maximum Gasteiger partial charge on any atom is 0.326 e. The molecule has 31 heavy (non-hydrogen) atoms. The third-order valence-electron chi connectivity index (χ3n) is 5.43. The number of phenolic OH excluding ortho intramolecular Hbond substituents is 1. The summed E-state index contributed by atoms with van der Waals surface area (Å²) < 4.78 is 27.5. The Morgan fingerprint density at radius 3 is 2.52 bits per heavy atom. The number of hydrogen-bond acceptors (Lipinski definition) is 5. The van der Waals surface area contributed by atoms with Crippen molar-refractivity contribution in [3.05, 3.63) is 59.1 Å². The van der Waals surface area contributed by atoms with E-state index in [2.05, 4.69) is 5.32 Å². The van der Waals surface area contributed by atoms with Crippen molar-refractivity contribution in [2.75, 3.05) is 6.54 Å². The maximum absolute atomic E-state index is 13.2. The molecule has 1 saturated heterocycles. The number of phenols is 1. The van der Waals surface area contributed by atoms with Crippen LogP contribution in [0.3, 0.4) is 0 Å². The lowest BCUT2D eigenvalue weighted by atomic mass is 9.97. The highest BCUT2D eigenvalue weighted by Crippen LogP contribution is 2.35. The SMILES string of the molecule is C[C@@]1(C(=O)NC(Cc2ccc(O)cc2)C(=O)O)CCCN1S(=O)(=O)c1cccc(Cl)c1. The largest absolute Gasteiger partial charge is 0.508 e. The van der Waals surface area contributed by atoms with Gasteiger partial charge in [-0.15, -0.1) is 0 Å². The Hall–Kier alpha value is -2.62. The first-order valence-corrected chi connectivity index (χ1v) is 11.5. The molecule has 0 saturated carbocycles. The van der Waals surface area contributed by atoms with E-state index in [1.54, 1.807) is 18.2 Å². The minimum atomic E-state index is -4.02. The summed E-state index contributed by atoms with van der Waals surface area (Å²) in [5.41, 5.74) is -0.838. The summed E-state index contributed by atoms with van der Waals surface area (Å²) in [7, 11) is -4.02. The summed E-state index contributed by atoms with van der Waals surface area (Å²) in [6.45, 7) is 1.63. The fourth-order valence-corrected chi connectivity index (χ4v) is 5.80. The molecule has 10 heteroatoms. The van der Waals surface area contributed by atoms with E-state index in [9.17, 15) is 28.2 Å². The predicted molar refractivity (Wildman–Crippen MR) is 114 cm³/mol. The van der Waals surface area contributed by atoms with Crippen LogP contribution in [0.2, 0.25) is 5.02 Å². The zero-order valence-electron chi connectivity index (χ0n) is 16.8. The second kappa shape index (κ2) is 8.86. The number of carboxylic acids is 1. The van der Waals surface area contributed by atoms with Crippen LogP contribution in [0.5, 0.6) is 5.75 Å². The predicted octanol–water partition coefficient (Wildman–Crippen LogP) is 2.40. The van der Waals surface area contributed by atoms with Gasteiger partial charge in [-0.25, -0.2) is 13.2 Å². The smallest absolute Gasteiger partial charge is 0.326 e. The first-order valence-electron chi connectivity index (χ1n) is 9.64. The van der Waals surface area contributed by atoms with Crippen molar-refractivity contribution in [3.8, 4) is 5.75 Å². The molecule has 2 aromatic rings. The number of carbonyl (C=O) groups excluding carboxylic acids is 1. The Morgan fingerprint density at radius 1 is 1.23 bits per heavy atom. The number of amides is 1. The lowest BCUT2D eigenvalue weighted by Gasteiger charge is -2.34. The third kappa shape index (κ3) is 4.84. The van der Waals surface area contributed by atoms with Gasteiger partial charge in [0.1, 0.15) is 17.3 Å². The van der Waals surface area contributed by atoms with E-state index in [0.29, 0.717) is 12.0 Å². The zero-order valence-corrected chi connectivity index (χ0v) is 18.4. The van der Waals surface area contributed by atoms with Crippen LogP contribution in [0.1, 0.15) is 25.3 Å². The Labute approximate surface area is 185 Å². The van der Waals surface area contributed by atoms with Gasteiger partial charge < -0.3 is 15.5 Å². The molecule has 2 aromatic carbocycles. The average molecular weight is 467 g/mol. The highest BCUT2D eigenvalue weighted by molar-refractivity contribution is 7.89. The van der Waals surface area contributed by atoms with Crippen LogP contribution in [0.4, 0.5) is 0 Å². The second-order valence-electron chi connectivity index (χ2n) is 7.65. The molecular weight excluding hydrogens is 444 g/mol. The van der Waals surface area contributed by atoms with Gasteiger partial charge in [0.05, 0.1) is 4.90 Å². The molecule has 0 radical (unpaired) electrons. The van der Waals surface area contributed by atoms with E-state index in [-0.39, 0.29) is 35.1 Å². The van der Waals surface area contributed by atoms with Gasteiger partial charge in [-0.3, -0.25) is 4.79 Å². The minimum absolute atomic E-state index is 0.0154. The van der Waals surface area contributed by atoms with Crippen LogP contribution in [-0.4, -0.2) is 52.9 Å². The molecule has 1 aliphatic rings. The molecule has 1 aliphatic heterocycles. The van der Waals surface area contributed by atoms with Crippen LogP contribution < -0.4 is 5.32 Å². The molecule has 0 aromatic heterocycles. The molecule has 1 amide bonds. The van der Waals surface area contributed by atoms with Crippen LogP contribution in [0.15, 0.2) is 53.4 Å². The number of benzene rings is 2. The van der Waals surface area contributed by atoms with E-state index < -0.39 is 33.5 Å². The van der Waals surface area contributed by atoms with Crippen molar-refractivity contribution < 1.29 is 28.2 Å². The maximum atomic E-state index is 13.2. The van der Waals surface area contributed by atoms with Crippen molar-refractivity contribution in [2.24, 2.45) is 0 Å². The van der Waals surface area contributed by atoms with Crippen LogP contribution >= 0.6 is 11.6 Å². The highest BCUT2D eigenvalue weighted by Gasteiger charge is 2.50. The van der Waals surface area contributed by atoms with Gasteiger partial charge in [-0.2, -0.15) is 4.31 Å². The number of carboxylic acid groups (broad SMARTS) is 1. The summed E-state index contributed by atoms with van der Waals surface area (Å²) >= 11 is 5.94. The van der Waals surface area contributed by atoms with E-state index in [1.165, 1.54) is 37.3 Å². The van der Waals surface area contributed by atoms with Crippen molar-refractivity contribution in [1.29, 1.82) is 0 Å². The Balaban J connectivity index is 1.84. The summed E-state index contributed by atoms with van der Waals surface area (Å²) in [4.78, 5) is 24.9. The number of hydrogen-bond donors (Lipinski definition) is 3. The van der Waals surface area contributed by atoms with Crippen LogP contribution in [0, 0.1) is 0 Å². The lowest BCUT2D eigenvalue weighted by Crippen LogP contribution is -2.58. The Kier molecular flexibility index (Phi) is 6.59. The van der Waals surface area contributed by atoms with Gasteiger partial charge in [0, 0.05) is 18.0 Å². The number of sulfonamides is 1. The van der Waals surface area contributed by atoms with Crippen molar-refractivity contribution in [1.82, 2.24) is 9.62 Å². The van der Waals surface area contributed by atoms with Crippen molar-refractivity contribution in [2.45, 2.75) is 42.7 Å². The number of halogens is 1. The summed E-state index contributed by atoms with van der Waals surface area (Å²) in [6.07, 6.45) is 0.696. The standard InChI is InChI=1S/C21H23ClN2O6S/c1-21(10-3-11-24(21)31(29,30)17-5-2-4-15(22)13-17)20(28)23-18(19(26)27)12-14-6-8-16(25)9-7-14/h2,4-9,13,18,25H,3,10-12H2,1H3,(H,23,28)(H,26,27)/t18?,21-/m0/s1. The molecule has 2 atom stereocenters. The molecule has 0 bridgehead atoms. The Morgan fingerprint density at radius 2 is 1.90 bits per heavy atom. The fourth-order valence-electron chi connectivity index (χ4n) is 3.69. The highest BCUT2D eigenvalue weighted by atomic mass is 35.5. The molecule has 1 unspecified atom stereocenters. The Bertz CT molecular complexity index is 1090. The molecule has 1 heterocycles. The number of aromatic hydroxyl groups is 1. The number of nitrogens with one attached hydrogen (secondary N) is 1. The monoisotopic (exact) mass is 466 g/mol. The minimum Gasteiger partial charge on any atom is -0.508 e. The quantitative estimate of drug-likeness (QED) is 0.575. The lowest BCUT2D eigenvalue weighted by molar-refractivity contribution is -0.143. The molecule has 1 fully saturated rings. The van der Waals surface area contributed by atoms with E-state index in [4.69, 9.17) is 11.6 Å². The van der Waals surface area contributed by atoms with Gasteiger partial charge in [0.2, 0.25) is 15.9 Å². The third-order valence-corrected chi connectivity index (χ3v) is 7.68. The van der Waals surface area contributed by atoms with Gasteiger partial charge in [0.15, 0.2) is 0 Å². The van der Waals surface area contributed by atoms with E-state index in [0.717, 1.165) is 4.31 Å². The average Bonchev–Trinajstić information content (AvgIpc) is 3.13. The van der Waals surface area contributed by atoms with E-state index in [1.807, 2.05) is 0 Å². The molecule has 0 spiro atoms. The summed E-state index contributed by atoms with van der Waals surface area (Å²) in [5, 5.41) is 21.7. The molecule has 3 rings (SSSR count). The first-order chi connectivity index (χ1) is 14.5. The number of nitrogens with zero attached hydrogens (tertiary/aromatic N) is 1. The summed E-state index contributed by atoms with van der Waals surface area (Å²) in [5.74, 6) is -1.88. The van der Waals surface area contributed by atoms with Gasteiger partial charge in [-0.1, -0.05) is 29.8 Å². The first kappa shape index (κ1) is 23.1. The number of rotatable bonds is 7. The topological polar surface area (TPSA) is 124 Å². The van der Waals surface area contributed by atoms with Crippen molar-refractivity contribution >= 4 is 33.5 Å².